The van der Waals surface area contributed by atoms with E-state index in [1.807, 2.05) is 19.1 Å². The molecule has 0 unspecified atom stereocenters. The van der Waals surface area contributed by atoms with Crippen LogP contribution >= 0.6 is 0 Å². The molecule has 1 aromatic carbocycles. The Morgan fingerprint density at radius 2 is 2.00 bits per heavy atom. The van der Waals surface area contributed by atoms with Crippen LogP contribution in [-0.4, -0.2) is 24.3 Å². The zero-order valence-corrected chi connectivity index (χ0v) is 13.9. The molecule has 0 amide bonds. The maximum Gasteiger partial charge on any atom is 0.238 e. The van der Waals surface area contributed by atoms with E-state index in [9.17, 15) is 8.42 Å². The third-order valence-electron chi connectivity index (χ3n) is 3.31. The summed E-state index contributed by atoms with van der Waals surface area (Å²) in [4.78, 5) is 4.27. The lowest BCUT2D eigenvalue weighted by molar-refractivity contribution is 0.384. The van der Waals surface area contributed by atoms with Crippen LogP contribution in [0.4, 0.5) is 5.69 Å². The molecule has 0 bridgehead atoms. The monoisotopic (exact) mass is 347 g/mol. The van der Waals surface area contributed by atoms with E-state index in [4.69, 9.17) is 8.94 Å². The van der Waals surface area contributed by atoms with Gasteiger partial charge in [0.25, 0.3) is 0 Å². The molecule has 0 saturated carbocycles. The summed E-state index contributed by atoms with van der Waals surface area (Å²) < 4.78 is 37.0. The fourth-order valence-corrected chi connectivity index (χ4v) is 3.43. The first kappa shape index (κ1) is 16.3. The molecule has 0 atom stereocenters. The molecule has 0 aliphatic carbocycles. The Balaban J connectivity index is 1.81. The maximum atomic E-state index is 12.0. The standard InChI is InChI=1S/C16H17N3O4S/c1-2-10-24(20,21)19-13-7-4-3-6-12(13)11-15-17-16(18-23-15)14-8-5-9-22-14/h3-9,19H,2,10-11H2,1H3. The van der Waals surface area contributed by atoms with Crippen LogP contribution in [-0.2, 0) is 16.4 Å². The number of hydrogen-bond acceptors (Lipinski definition) is 6. The molecule has 3 aromatic rings. The second-order valence-electron chi connectivity index (χ2n) is 5.24. The summed E-state index contributed by atoms with van der Waals surface area (Å²) in [6.45, 7) is 1.82. The highest BCUT2D eigenvalue weighted by molar-refractivity contribution is 7.92. The van der Waals surface area contributed by atoms with Crippen LogP contribution in [0.15, 0.2) is 51.6 Å². The molecular weight excluding hydrogens is 330 g/mol. The van der Waals surface area contributed by atoms with E-state index in [0.29, 0.717) is 36.0 Å². The summed E-state index contributed by atoms with van der Waals surface area (Å²) in [7, 11) is -3.36. The van der Waals surface area contributed by atoms with Gasteiger partial charge in [-0.05, 0) is 30.2 Å². The van der Waals surface area contributed by atoms with Gasteiger partial charge in [0.15, 0.2) is 5.76 Å². The Labute approximate surface area is 139 Å². The highest BCUT2D eigenvalue weighted by Crippen LogP contribution is 2.22. The SMILES string of the molecule is CCCS(=O)(=O)Nc1ccccc1Cc1nc(-c2ccco2)no1. The lowest BCUT2D eigenvalue weighted by Gasteiger charge is -2.10. The van der Waals surface area contributed by atoms with Crippen molar-refractivity contribution in [2.45, 2.75) is 19.8 Å². The third-order valence-corrected chi connectivity index (χ3v) is 4.78. The quantitative estimate of drug-likeness (QED) is 0.705. The third kappa shape index (κ3) is 3.83. The molecule has 2 aromatic heterocycles. The molecule has 0 fully saturated rings. The average molecular weight is 347 g/mol. The molecule has 0 saturated heterocycles. The van der Waals surface area contributed by atoms with Crippen LogP contribution in [0.2, 0.25) is 0 Å². The average Bonchev–Trinajstić information content (AvgIpc) is 3.20. The summed E-state index contributed by atoms with van der Waals surface area (Å²) >= 11 is 0. The molecule has 24 heavy (non-hydrogen) atoms. The van der Waals surface area contributed by atoms with Crippen LogP contribution in [0.1, 0.15) is 24.8 Å². The first-order valence-electron chi connectivity index (χ1n) is 7.52. The first-order valence-corrected chi connectivity index (χ1v) is 9.17. The molecule has 2 heterocycles. The number of sulfonamides is 1. The van der Waals surface area contributed by atoms with Gasteiger partial charge in [-0.2, -0.15) is 4.98 Å². The number of nitrogens with zero attached hydrogens (tertiary/aromatic N) is 2. The van der Waals surface area contributed by atoms with Gasteiger partial charge in [0, 0.05) is 0 Å². The van der Waals surface area contributed by atoms with Crippen molar-refractivity contribution in [1.29, 1.82) is 0 Å². The van der Waals surface area contributed by atoms with Crippen molar-refractivity contribution in [3.8, 4) is 11.6 Å². The summed E-state index contributed by atoms with van der Waals surface area (Å²) in [5.41, 5.74) is 1.27. The maximum absolute atomic E-state index is 12.0. The van der Waals surface area contributed by atoms with E-state index in [1.54, 1.807) is 24.3 Å². The highest BCUT2D eigenvalue weighted by Gasteiger charge is 2.15. The first-order chi connectivity index (χ1) is 11.6. The molecule has 0 aliphatic heterocycles. The second-order valence-corrected chi connectivity index (χ2v) is 7.09. The van der Waals surface area contributed by atoms with E-state index < -0.39 is 10.0 Å². The van der Waals surface area contributed by atoms with Gasteiger partial charge in [-0.1, -0.05) is 30.3 Å². The van der Waals surface area contributed by atoms with E-state index in [-0.39, 0.29) is 5.75 Å². The zero-order valence-electron chi connectivity index (χ0n) is 13.1. The van der Waals surface area contributed by atoms with Crippen LogP contribution < -0.4 is 4.72 Å². The van der Waals surface area contributed by atoms with Gasteiger partial charge in [-0.25, -0.2) is 8.42 Å². The Hall–Kier alpha value is -2.61. The number of anilines is 1. The van der Waals surface area contributed by atoms with Gasteiger partial charge in [0.05, 0.1) is 24.1 Å². The number of furan rings is 1. The topological polar surface area (TPSA) is 98.2 Å². The summed E-state index contributed by atoms with van der Waals surface area (Å²) in [5.74, 6) is 1.33. The number of rotatable bonds is 7. The lowest BCUT2D eigenvalue weighted by atomic mass is 10.1. The van der Waals surface area contributed by atoms with Crippen molar-refractivity contribution < 1.29 is 17.4 Å². The predicted molar refractivity (Wildman–Crippen MR) is 88.9 cm³/mol. The number of para-hydroxylation sites is 1. The molecule has 1 N–H and O–H groups in total. The molecule has 7 nitrogen and oxygen atoms in total. The Morgan fingerprint density at radius 1 is 1.17 bits per heavy atom. The van der Waals surface area contributed by atoms with Crippen molar-refractivity contribution in [3.63, 3.8) is 0 Å². The van der Waals surface area contributed by atoms with Gasteiger partial charge in [-0.15, -0.1) is 0 Å². The van der Waals surface area contributed by atoms with E-state index in [2.05, 4.69) is 14.9 Å². The molecule has 0 spiro atoms. The second kappa shape index (κ2) is 6.88. The number of nitrogens with one attached hydrogen (secondary N) is 1. The van der Waals surface area contributed by atoms with Crippen molar-refractivity contribution in [3.05, 3.63) is 54.1 Å². The van der Waals surface area contributed by atoms with Crippen LogP contribution in [0.25, 0.3) is 11.6 Å². The van der Waals surface area contributed by atoms with Gasteiger partial charge in [0.1, 0.15) is 0 Å². The van der Waals surface area contributed by atoms with E-state index in [0.717, 1.165) is 5.56 Å². The Kier molecular flexibility index (Phi) is 4.66. The van der Waals surface area contributed by atoms with Crippen molar-refractivity contribution in [2.24, 2.45) is 0 Å². The summed E-state index contributed by atoms with van der Waals surface area (Å²) in [6.07, 6.45) is 2.40. The number of benzene rings is 1. The van der Waals surface area contributed by atoms with Gasteiger partial charge in [-0.3, -0.25) is 4.72 Å². The van der Waals surface area contributed by atoms with E-state index >= 15 is 0 Å². The minimum absolute atomic E-state index is 0.0739. The van der Waals surface area contributed by atoms with Crippen molar-refractivity contribution in [1.82, 2.24) is 10.1 Å². The van der Waals surface area contributed by atoms with Gasteiger partial charge in [0.2, 0.25) is 21.7 Å². The normalized spacial score (nSPS) is 11.5. The van der Waals surface area contributed by atoms with Crippen molar-refractivity contribution in [2.75, 3.05) is 10.5 Å². The minimum Gasteiger partial charge on any atom is -0.461 e. The van der Waals surface area contributed by atoms with Gasteiger partial charge >= 0.3 is 0 Å². The Bertz CT molecular complexity index is 901. The summed E-state index contributed by atoms with van der Waals surface area (Å²) in [6, 6.07) is 10.6. The molecule has 0 aliphatic rings. The minimum atomic E-state index is -3.36. The molecule has 3 rings (SSSR count). The lowest BCUT2D eigenvalue weighted by Crippen LogP contribution is -2.17. The molecule has 126 valence electrons. The predicted octanol–water partition coefficient (Wildman–Crippen LogP) is 3.07. The Morgan fingerprint density at radius 3 is 2.75 bits per heavy atom. The van der Waals surface area contributed by atoms with Crippen LogP contribution in [0, 0.1) is 0 Å². The van der Waals surface area contributed by atoms with E-state index in [1.165, 1.54) is 6.26 Å². The largest absolute Gasteiger partial charge is 0.461 e. The molecule has 0 radical (unpaired) electrons. The smallest absolute Gasteiger partial charge is 0.238 e. The zero-order chi connectivity index (χ0) is 17.0. The highest BCUT2D eigenvalue weighted by atomic mass is 32.2. The molecular formula is C16H17N3O4S. The molecule has 8 heteroatoms. The fourth-order valence-electron chi connectivity index (χ4n) is 2.26. The van der Waals surface area contributed by atoms with Crippen molar-refractivity contribution >= 4 is 15.7 Å². The van der Waals surface area contributed by atoms with Gasteiger partial charge < -0.3 is 8.94 Å². The number of hydrogen-bond donors (Lipinski definition) is 1. The summed E-state index contributed by atoms with van der Waals surface area (Å²) in [5, 5.41) is 3.87. The number of aromatic nitrogens is 2. The van der Waals surface area contributed by atoms with Crippen LogP contribution in [0.5, 0.6) is 0 Å². The fraction of sp³-hybridized carbons (Fsp3) is 0.250. The van der Waals surface area contributed by atoms with Crippen LogP contribution in [0.3, 0.4) is 0 Å².